The number of anilines is 1. The number of benzene rings is 2. The molecule has 1 saturated carbocycles. The number of non-ortho nitro benzene ring substituents is 1. The third kappa shape index (κ3) is 4.35. The van der Waals surface area contributed by atoms with E-state index in [1.54, 1.807) is 12.1 Å². The summed E-state index contributed by atoms with van der Waals surface area (Å²) in [6.07, 6.45) is 2.30. The number of hydrogen-bond donors (Lipinski definition) is 1. The average Bonchev–Trinajstić information content (AvgIpc) is 3.45. The lowest BCUT2D eigenvalue weighted by Crippen LogP contribution is -2.42. The molecule has 1 unspecified atom stereocenters. The average molecular weight is 339 g/mol. The fourth-order valence-electron chi connectivity index (χ4n) is 2.88. The SMILES string of the molecule is CC(C1CC1)N(Cc1ccccc1)C(=O)Nc1ccc([N+](=O)[O-])cc1. The molecular formula is C19H21N3O3. The number of rotatable bonds is 6. The lowest BCUT2D eigenvalue weighted by molar-refractivity contribution is -0.384. The van der Waals surface area contributed by atoms with Gasteiger partial charge in [-0.2, -0.15) is 0 Å². The summed E-state index contributed by atoms with van der Waals surface area (Å²) in [5.74, 6) is 0.548. The maximum Gasteiger partial charge on any atom is 0.322 e. The van der Waals surface area contributed by atoms with Gasteiger partial charge in [-0.25, -0.2) is 4.79 Å². The van der Waals surface area contributed by atoms with E-state index in [0.717, 1.165) is 18.4 Å². The zero-order chi connectivity index (χ0) is 17.8. The van der Waals surface area contributed by atoms with Crippen LogP contribution in [0.15, 0.2) is 54.6 Å². The first kappa shape index (κ1) is 17.0. The highest BCUT2D eigenvalue weighted by atomic mass is 16.6. The van der Waals surface area contributed by atoms with Gasteiger partial charge < -0.3 is 10.2 Å². The summed E-state index contributed by atoms with van der Waals surface area (Å²) in [6, 6.07) is 15.7. The van der Waals surface area contributed by atoms with Crippen molar-refractivity contribution in [1.29, 1.82) is 0 Å². The van der Waals surface area contributed by atoms with Crippen LogP contribution < -0.4 is 5.32 Å². The van der Waals surface area contributed by atoms with Crippen LogP contribution in [0.25, 0.3) is 0 Å². The van der Waals surface area contributed by atoms with E-state index in [2.05, 4.69) is 12.2 Å². The molecule has 0 aliphatic heterocycles. The van der Waals surface area contributed by atoms with Gasteiger partial charge in [0.25, 0.3) is 5.69 Å². The van der Waals surface area contributed by atoms with Crippen LogP contribution in [0.1, 0.15) is 25.3 Å². The highest BCUT2D eigenvalue weighted by Crippen LogP contribution is 2.36. The third-order valence-corrected chi connectivity index (χ3v) is 4.58. The van der Waals surface area contributed by atoms with Gasteiger partial charge >= 0.3 is 6.03 Å². The van der Waals surface area contributed by atoms with Crippen LogP contribution in [0.5, 0.6) is 0 Å². The molecule has 2 amide bonds. The Hall–Kier alpha value is -2.89. The van der Waals surface area contributed by atoms with Crippen molar-refractivity contribution in [1.82, 2.24) is 4.90 Å². The first-order valence-corrected chi connectivity index (χ1v) is 8.40. The fourth-order valence-corrected chi connectivity index (χ4v) is 2.88. The van der Waals surface area contributed by atoms with E-state index in [1.807, 2.05) is 35.2 Å². The summed E-state index contributed by atoms with van der Waals surface area (Å²) in [7, 11) is 0. The molecule has 1 N–H and O–H groups in total. The van der Waals surface area contributed by atoms with Gasteiger partial charge in [-0.15, -0.1) is 0 Å². The largest absolute Gasteiger partial charge is 0.322 e. The van der Waals surface area contributed by atoms with Crippen molar-refractivity contribution in [3.8, 4) is 0 Å². The zero-order valence-corrected chi connectivity index (χ0v) is 14.1. The minimum Gasteiger partial charge on any atom is -0.317 e. The maximum atomic E-state index is 12.8. The smallest absolute Gasteiger partial charge is 0.317 e. The monoisotopic (exact) mass is 339 g/mol. The maximum absolute atomic E-state index is 12.8. The number of nitrogens with one attached hydrogen (secondary N) is 1. The van der Waals surface area contributed by atoms with Crippen molar-refractivity contribution in [2.45, 2.75) is 32.4 Å². The van der Waals surface area contributed by atoms with E-state index in [-0.39, 0.29) is 17.8 Å². The van der Waals surface area contributed by atoms with E-state index >= 15 is 0 Å². The molecule has 0 aromatic heterocycles. The van der Waals surface area contributed by atoms with Crippen LogP contribution in [-0.4, -0.2) is 21.9 Å². The second kappa shape index (κ2) is 7.34. The molecule has 0 radical (unpaired) electrons. The van der Waals surface area contributed by atoms with Gasteiger partial charge in [0.15, 0.2) is 0 Å². The van der Waals surface area contributed by atoms with Crippen LogP contribution >= 0.6 is 0 Å². The molecule has 1 aliphatic carbocycles. The molecule has 25 heavy (non-hydrogen) atoms. The summed E-state index contributed by atoms with van der Waals surface area (Å²) in [5.41, 5.74) is 1.64. The number of amides is 2. The summed E-state index contributed by atoms with van der Waals surface area (Å²) in [5, 5.41) is 13.6. The predicted molar refractivity (Wildman–Crippen MR) is 96.3 cm³/mol. The molecule has 1 aliphatic rings. The first-order chi connectivity index (χ1) is 12.0. The van der Waals surface area contributed by atoms with Crippen LogP contribution in [0.4, 0.5) is 16.2 Å². The molecule has 0 saturated heterocycles. The molecule has 1 fully saturated rings. The minimum atomic E-state index is -0.456. The Kier molecular flexibility index (Phi) is 4.97. The van der Waals surface area contributed by atoms with Crippen molar-refractivity contribution in [2.75, 3.05) is 5.32 Å². The topological polar surface area (TPSA) is 75.5 Å². The fraction of sp³-hybridized carbons (Fsp3) is 0.316. The molecule has 0 spiro atoms. The Morgan fingerprint density at radius 2 is 1.84 bits per heavy atom. The van der Waals surface area contributed by atoms with E-state index < -0.39 is 4.92 Å². The van der Waals surface area contributed by atoms with Gasteiger partial charge in [0.1, 0.15) is 0 Å². The molecule has 2 aromatic rings. The number of nitro groups is 1. The highest BCUT2D eigenvalue weighted by molar-refractivity contribution is 5.89. The molecule has 1 atom stereocenters. The first-order valence-electron chi connectivity index (χ1n) is 8.40. The molecule has 3 rings (SSSR count). The molecular weight excluding hydrogens is 318 g/mol. The van der Waals surface area contributed by atoms with Gasteiger partial charge in [-0.05, 0) is 43.4 Å². The van der Waals surface area contributed by atoms with Crippen LogP contribution in [0.2, 0.25) is 0 Å². The van der Waals surface area contributed by atoms with E-state index in [4.69, 9.17) is 0 Å². The van der Waals surface area contributed by atoms with Crippen LogP contribution in [0.3, 0.4) is 0 Å². The Morgan fingerprint density at radius 3 is 2.40 bits per heavy atom. The van der Waals surface area contributed by atoms with Gasteiger partial charge in [0, 0.05) is 30.4 Å². The van der Waals surface area contributed by atoms with Crippen molar-refractivity contribution in [3.05, 3.63) is 70.3 Å². The highest BCUT2D eigenvalue weighted by Gasteiger charge is 2.34. The molecule has 6 nitrogen and oxygen atoms in total. The number of nitro benzene ring substituents is 1. The summed E-state index contributed by atoms with van der Waals surface area (Å²) in [6.45, 7) is 2.62. The van der Waals surface area contributed by atoms with Gasteiger partial charge in [-0.3, -0.25) is 10.1 Å². The van der Waals surface area contributed by atoms with Crippen molar-refractivity contribution in [2.24, 2.45) is 5.92 Å². The number of nitrogens with zero attached hydrogens (tertiary/aromatic N) is 2. The van der Waals surface area contributed by atoms with E-state index in [1.165, 1.54) is 12.1 Å². The molecule has 6 heteroatoms. The third-order valence-electron chi connectivity index (χ3n) is 4.58. The van der Waals surface area contributed by atoms with E-state index in [0.29, 0.717) is 18.2 Å². The summed E-state index contributed by atoms with van der Waals surface area (Å²) < 4.78 is 0. The van der Waals surface area contributed by atoms with Gasteiger partial charge in [0.05, 0.1) is 4.92 Å². The van der Waals surface area contributed by atoms with Crippen LogP contribution in [-0.2, 0) is 6.54 Å². The van der Waals surface area contributed by atoms with Crippen LogP contribution in [0, 0.1) is 16.0 Å². The zero-order valence-electron chi connectivity index (χ0n) is 14.1. The summed E-state index contributed by atoms with van der Waals surface area (Å²) >= 11 is 0. The standard InChI is InChI=1S/C19H21N3O3/c1-14(16-7-8-16)21(13-15-5-3-2-4-6-15)19(23)20-17-9-11-18(12-10-17)22(24)25/h2-6,9-12,14,16H,7-8,13H2,1H3,(H,20,23). The Balaban J connectivity index is 1.73. The predicted octanol–water partition coefficient (Wildman–Crippen LogP) is 4.43. The minimum absolute atomic E-state index is 0.00508. The van der Waals surface area contributed by atoms with Crippen molar-refractivity contribution in [3.63, 3.8) is 0 Å². The second-order valence-corrected chi connectivity index (χ2v) is 6.43. The van der Waals surface area contributed by atoms with Gasteiger partial charge in [0.2, 0.25) is 0 Å². The molecule has 130 valence electrons. The Labute approximate surface area is 146 Å². The van der Waals surface area contributed by atoms with Crippen molar-refractivity contribution >= 4 is 17.4 Å². The molecule has 0 heterocycles. The quantitative estimate of drug-likeness (QED) is 0.625. The number of carbonyl (C=O) groups is 1. The molecule has 0 bridgehead atoms. The number of urea groups is 1. The Morgan fingerprint density at radius 1 is 1.20 bits per heavy atom. The second-order valence-electron chi connectivity index (χ2n) is 6.43. The summed E-state index contributed by atoms with van der Waals surface area (Å²) in [4.78, 5) is 24.9. The normalized spacial score (nSPS) is 14.6. The number of carbonyl (C=O) groups excluding carboxylic acids is 1. The molecule has 2 aromatic carbocycles. The Bertz CT molecular complexity index is 742. The van der Waals surface area contributed by atoms with Crippen molar-refractivity contribution < 1.29 is 9.72 Å². The van der Waals surface area contributed by atoms with E-state index in [9.17, 15) is 14.9 Å². The lowest BCUT2D eigenvalue weighted by Gasteiger charge is -2.29. The lowest BCUT2D eigenvalue weighted by atomic mass is 10.1. The van der Waals surface area contributed by atoms with Gasteiger partial charge in [-0.1, -0.05) is 30.3 Å². The number of hydrogen-bond acceptors (Lipinski definition) is 3.